The Kier molecular flexibility index (Phi) is 8.06. The Balaban J connectivity index is 1.39. The van der Waals surface area contributed by atoms with Gasteiger partial charge in [-0.1, -0.05) is 46.9 Å². The number of rotatable bonds is 6. The highest BCUT2D eigenvalue weighted by Gasteiger charge is 2.25. The van der Waals surface area contributed by atoms with Crippen molar-refractivity contribution >= 4 is 58.0 Å². The topological polar surface area (TPSA) is 61.9 Å². The lowest BCUT2D eigenvalue weighted by molar-refractivity contribution is -0.122. The first-order valence-electron chi connectivity index (χ1n) is 11.1. The number of piperazine rings is 1. The molecular formula is C26H24Cl3N3O3. The van der Waals surface area contributed by atoms with E-state index in [9.17, 15) is 9.59 Å². The van der Waals surface area contributed by atoms with Crippen LogP contribution in [0.3, 0.4) is 0 Å². The number of hydrogen-bond donors (Lipinski definition) is 1. The van der Waals surface area contributed by atoms with E-state index in [1.54, 1.807) is 49.4 Å². The van der Waals surface area contributed by atoms with Crippen molar-refractivity contribution in [2.45, 2.75) is 13.0 Å². The van der Waals surface area contributed by atoms with Gasteiger partial charge in [0.05, 0.1) is 16.4 Å². The molecule has 0 spiro atoms. The first-order valence-corrected chi connectivity index (χ1v) is 12.3. The number of hydrogen-bond acceptors (Lipinski definition) is 4. The van der Waals surface area contributed by atoms with Crippen LogP contribution in [0.4, 0.5) is 11.4 Å². The van der Waals surface area contributed by atoms with E-state index in [0.29, 0.717) is 58.2 Å². The molecule has 1 heterocycles. The molecule has 1 aliphatic rings. The van der Waals surface area contributed by atoms with Gasteiger partial charge in [0.25, 0.3) is 11.8 Å². The number of anilines is 2. The van der Waals surface area contributed by atoms with Gasteiger partial charge in [0.1, 0.15) is 5.75 Å². The largest absolute Gasteiger partial charge is 0.479 e. The van der Waals surface area contributed by atoms with E-state index < -0.39 is 6.10 Å². The van der Waals surface area contributed by atoms with Gasteiger partial charge in [-0.15, -0.1) is 0 Å². The lowest BCUT2D eigenvalue weighted by Gasteiger charge is -2.37. The maximum absolute atomic E-state index is 12.9. The third kappa shape index (κ3) is 6.20. The lowest BCUT2D eigenvalue weighted by Crippen LogP contribution is -2.49. The van der Waals surface area contributed by atoms with Gasteiger partial charge >= 0.3 is 0 Å². The number of nitrogens with zero attached hydrogens (tertiary/aromatic N) is 2. The van der Waals surface area contributed by atoms with E-state index in [1.165, 1.54) is 0 Å². The Morgan fingerprint density at radius 2 is 1.54 bits per heavy atom. The van der Waals surface area contributed by atoms with E-state index in [0.717, 1.165) is 5.69 Å². The van der Waals surface area contributed by atoms with E-state index >= 15 is 0 Å². The van der Waals surface area contributed by atoms with Crippen molar-refractivity contribution in [1.29, 1.82) is 0 Å². The highest BCUT2D eigenvalue weighted by atomic mass is 35.5. The fraction of sp³-hybridized carbons (Fsp3) is 0.231. The fourth-order valence-electron chi connectivity index (χ4n) is 3.83. The number of carbonyl (C=O) groups is 2. The summed E-state index contributed by atoms with van der Waals surface area (Å²) < 4.78 is 5.74. The molecule has 0 aliphatic carbocycles. The van der Waals surface area contributed by atoms with E-state index in [1.807, 2.05) is 29.2 Å². The zero-order chi connectivity index (χ0) is 24.9. The van der Waals surface area contributed by atoms with Gasteiger partial charge in [-0.05, 0) is 61.5 Å². The minimum absolute atomic E-state index is 0.0188. The standard InChI is InChI=1S/C26H24Cl3N3O3/c1-17(35-24-11-10-20(28)16-21(24)29)25(33)30-22-4-2-3-5-23(22)31-12-14-32(15-13-31)26(34)18-6-8-19(27)9-7-18/h2-11,16-17H,12-15H2,1H3,(H,30,33)/t17-/m1/s1. The van der Waals surface area contributed by atoms with E-state index in [4.69, 9.17) is 39.5 Å². The lowest BCUT2D eigenvalue weighted by atomic mass is 10.1. The smallest absolute Gasteiger partial charge is 0.265 e. The Hall–Kier alpha value is -2.93. The van der Waals surface area contributed by atoms with Gasteiger partial charge in [-0.3, -0.25) is 9.59 Å². The van der Waals surface area contributed by atoms with Crippen molar-refractivity contribution in [1.82, 2.24) is 4.90 Å². The van der Waals surface area contributed by atoms with Gasteiger partial charge in [0.2, 0.25) is 0 Å². The molecule has 3 aromatic rings. The maximum atomic E-state index is 12.9. The summed E-state index contributed by atoms with van der Waals surface area (Å²) in [6.45, 7) is 4.07. The average Bonchev–Trinajstić information content (AvgIpc) is 2.86. The molecule has 0 bridgehead atoms. The molecule has 1 saturated heterocycles. The van der Waals surface area contributed by atoms with Crippen LogP contribution in [0.25, 0.3) is 0 Å². The summed E-state index contributed by atoms with van der Waals surface area (Å²) in [4.78, 5) is 29.7. The number of ether oxygens (including phenoxy) is 1. The van der Waals surface area contributed by atoms with Crippen LogP contribution < -0.4 is 15.0 Å². The third-order valence-corrected chi connectivity index (χ3v) is 6.51. The number of nitrogens with one attached hydrogen (secondary N) is 1. The van der Waals surface area contributed by atoms with Crippen molar-refractivity contribution in [2.75, 3.05) is 36.4 Å². The zero-order valence-corrected chi connectivity index (χ0v) is 21.3. The maximum Gasteiger partial charge on any atom is 0.265 e. The van der Waals surface area contributed by atoms with Gasteiger partial charge in [-0.2, -0.15) is 0 Å². The van der Waals surface area contributed by atoms with Crippen LogP contribution in [0.15, 0.2) is 66.7 Å². The molecule has 4 rings (SSSR count). The number of para-hydroxylation sites is 2. The molecule has 9 heteroatoms. The molecule has 3 aromatic carbocycles. The van der Waals surface area contributed by atoms with Gasteiger partial charge < -0.3 is 19.9 Å². The summed E-state index contributed by atoms with van der Waals surface area (Å²) in [5.41, 5.74) is 2.18. The first kappa shape index (κ1) is 25.2. The minimum Gasteiger partial charge on any atom is -0.479 e. The Morgan fingerprint density at radius 1 is 0.886 bits per heavy atom. The van der Waals surface area contributed by atoms with Crippen LogP contribution in [-0.2, 0) is 4.79 Å². The van der Waals surface area contributed by atoms with E-state index in [2.05, 4.69) is 10.2 Å². The Bertz CT molecular complexity index is 1210. The van der Waals surface area contributed by atoms with E-state index in [-0.39, 0.29) is 11.8 Å². The van der Waals surface area contributed by atoms with Crippen LogP contribution >= 0.6 is 34.8 Å². The molecule has 0 saturated carbocycles. The fourth-order valence-corrected chi connectivity index (χ4v) is 4.41. The minimum atomic E-state index is -0.782. The molecule has 1 atom stereocenters. The third-order valence-electron chi connectivity index (χ3n) is 5.73. The van der Waals surface area contributed by atoms with Crippen LogP contribution in [-0.4, -0.2) is 49.0 Å². The quantitative estimate of drug-likeness (QED) is 0.422. The Morgan fingerprint density at radius 3 is 2.23 bits per heavy atom. The van der Waals surface area contributed by atoms with Crippen molar-refractivity contribution < 1.29 is 14.3 Å². The first-order chi connectivity index (χ1) is 16.8. The predicted octanol–water partition coefficient (Wildman–Crippen LogP) is 6.02. The molecule has 35 heavy (non-hydrogen) atoms. The molecule has 1 N–H and O–H groups in total. The number of carbonyl (C=O) groups excluding carboxylic acids is 2. The number of halogens is 3. The van der Waals surface area contributed by atoms with Crippen LogP contribution in [0.5, 0.6) is 5.75 Å². The highest BCUT2D eigenvalue weighted by molar-refractivity contribution is 6.35. The molecule has 0 unspecified atom stereocenters. The average molecular weight is 533 g/mol. The summed E-state index contributed by atoms with van der Waals surface area (Å²) in [5.74, 6) is 0.0586. The summed E-state index contributed by atoms with van der Waals surface area (Å²) in [6, 6.07) is 19.3. The molecular weight excluding hydrogens is 509 g/mol. The Labute approximate surface area is 219 Å². The van der Waals surface area contributed by atoms with Crippen molar-refractivity contribution in [3.63, 3.8) is 0 Å². The molecule has 2 amide bonds. The zero-order valence-electron chi connectivity index (χ0n) is 19.0. The summed E-state index contributed by atoms with van der Waals surface area (Å²) in [6.07, 6.45) is -0.782. The number of amides is 2. The SMILES string of the molecule is C[C@@H](Oc1ccc(Cl)cc1Cl)C(=O)Nc1ccccc1N1CCN(C(=O)c2ccc(Cl)cc2)CC1. The second-order valence-corrected chi connectivity index (χ2v) is 9.41. The normalized spacial score (nSPS) is 14.4. The molecule has 0 radical (unpaired) electrons. The molecule has 182 valence electrons. The molecule has 1 aliphatic heterocycles. The second-order valence-electron chi connectivity index (χ2n) is 8.13. The monoisotopic (exact) mass is 531 g/mol. The van der Waals surface area contributed by atoms with Gasteiger partial charge in [-0.25, -0.2) is 0 Å². The van der Waals surface area contributed by atoms with Crippen molar-refractivity contribution in [3.05, 3.63) is 87.4 Å². The number of benzene rings is 3. The predicted molar refractivity (Wildman–Crippen MR) is 141 cm³/mol. The van der Waals surface area contributed by atoms with Crippen LogP contribution in [0.2, 0.25) is 15.1 Å². The van der Waals surface area contributed by atoms with Gasteiger partial charge in [0.15, 0.2) is 6.10 Å². The van der Waals surface area contributed by atoms with Crippen LogP contribution in [0, 0.1) is 0 Å². The molecule has 0 aromatic heterocycles. The summed E-state index contributed by atoms with van der Waals surface area (Å²) >= 11 is 18.0. The summed E-state index contributed by atoms with van der Waals surface area (Å²) in [5, 5.41) is 4.38. The van der Waals surface area contributed by atoms with Crippen LogP contribution in [0.1, 0.15) is 17.3 Å². The highest BCUT2D eigenvalue weighted by Crippen LogP contribution is 2.30. The van der Waals surface area contributed by atoms with Crippen molar-refractivity contribution in [2.24, 2.45) is 0 Å². The van der Waals surface area contributed by atoms with Crippen molar-refractivity contribution in [3.8, 4) is 5.75 Å². The second kappa shape index (κ2) is 11.2. The molecule has 6 nitrogen and oxygen atoms in total. The molecule has 1 fully saturated rings. The van der Waals surface area contributed by atoms with Gasteiger partial charge in [0, 0.05) is 41.8 Å². The summed E-state index contributed by atoms with van der Waals surface area (Å²) in [7, 11) is 0.